The van der Waals surface area contributed by atoms with E-state index >= 15 is 0 Å². The number of rotatable bonds is 4. The van der Waals surface area contributed by atoms with E-state index in [4.69, 9.17) is 4.74 Å². The molecule has 1 saturated heterocycles. The van der Waals surface area contributed by atoms with Crippen LogP contribution in [0.2, 0.25) is 0 Å². The van der Waals surface area contributed by atoms with E-state index < -0.39 is 6.04 Å². The molecule has 2 amide bonds. The van der Waals surface area contributed by atoms with Gasteiger partial charge in [0.05, 0.1) is 13.2 Å². The monoisotopic (exact) mass is 417 g/mol. The Balaban J connectivity index is 0.00000156. The Kier molecular flexibility index (Phi) is 6.62. The second-order valence-electron chi connectivity index (χ2n) is 5.78. The fourth-order valence-corrected chi connectivity index (χ4v) is 3.43. The van der Waals surface area contributed by atoms with Gasteiger partial charge < -0.3 is 27.4 Å². The number of fused-ring (bicyclic) bond motifs is 1. The molecule has 1 atom stereocenters. The number of morpholine rings is 1. The molecule has 24 heavy (non-hydrogen) atoms. The van der Waals surface area contributed by atoms with E-state index in [1.807, 2.05) is 18.2 Å². The average Bonchev–Trinajstić information content (AvgIpc) is 2.78. The smallest absolute Gasteiger partial charge is 1.00 e. The maximum atomic E-state index is 12.7. The van der Waals surface area contributed by atoms with Gasteiger partial charge in [-0.15, -0.1) is 0 Å². The number of nitrogens with zero attached hydrogens (tertiary/aromatic N) is 2. The molecule has 1 unspecified atom stereocenters. The molecule has 1 aromatic rings. The highest BCUT2D eigenvalue weighted by atomic mass is 79.9. The van der Waals surface area contributed by atoms with E-state index in [9.17, 15) is 9.59 Å². The second kappa shape index (κ2) is 8.29. The summed E-state index contributed by atoms with van der Waals surface area (Å²) in [6, 6.07) is 5.16. The molecule has 0 aromatic heterocycles. The molecule has 1 fully saturated rings. The Morgan fingerprint density at radius 1 is 1.38 bits per heavy atom. The fourth-order valence-electron chi connectivity index (χ4n) is 3.05. The zero-order chi connectivity index (χ0) is 16.4. The minimum absolute atomic E-state index is 0. The summed E-state index contributed by atoms with van der Waals surface area (Å²) >= 11 is 3.44. The molecule has 0 bridgehead atoms. The molecular formula is C16H21BrClN3O3. The Labute approximate surface area is 157 Å². The first-order valence-electron chi connectivity index (χ1n) is 7.74. The van der Waals surface area contributed by atoms with Crippen LogP contribution >= 0.6 is 15.9 Å². The van der Waals surface area contributed by atoms with Crippen LogP contribution in [0.5, 0.6) is 0 Å². The molecule has 8 heteroatoms. The Morgan fingerprint density at radius 2 is 2.08 bits per heavy atom. The average molecular weight is 419 g/mol. The highest BCUT2D eigenvalue weighted by molar-refractivity contribution is 9.10. The standard InChI is InChI=1S/C16H20BrN3O3.ClH/c1-11(21)18-15-13-10-12(17)2-3-14(13)20(16(15)22)5-4-19-6-8-23-9-7-19;/h2-3,10,15H,4-9H2,1H3,(H,18,21);1H. The van der Waals surface area contributed by atoms with Crippen molar-refractivity contribution >= 4 is 33.4 Å². The van der Waals surface area contributed by atoms with Gasteiger partial charge in [0.15, 0.2) is 0 Å². The number of carbonyl (C=O) groups is 2. The molecule has 0 aliphatic carbocycles. The van der Waals surface area contributed by atoms with E-state index in [-0.39, 0.29) is 25.6 Å². The summed E-state index contributed by atoms with van der Waals surface area (Å²) in [6.07, 6.45) is 0. The topological polar surface area (TPSA) is 61.9 Å². The SMILES string of the molecule is CC(=O)NC1C(=O)N(CCN2CCOCC2)c2ccc(Br)cc21.[Cl-].[H+]. The number of amides is 2. The van der Waals surface area contributed by atoms with E-state index in [1.54, 1.807) is 4.90 Å². The minimum Gasteiger partial charge on any atom is -1.00 e. The lowest BCUT2D eigenvalue weighted by Crippen LogP contribution is -3.00. The molecular weight excluding hydrogens is 398 g/mol. The van der Waals surface area contributed by atoms with Crippen molar-refractivity contribution in [2.75, 3.05) is 44.3 Å². The second-order valence-corrected chi connectivity index (χ2v) is 6.70. The van der Waals surface area contributed by atoms with Crippen molar-refractivity contribution in [3.8, 4) is 0 Å². The lowest BCUT2D eigenvalue weighted by Gasteiger charge is -2.28. The van der Waals surface area contributed by atoms with Gasteiger partial charge in [0.1, 0.15) is 6.04 Å². The van der Waals surface area contributed by atoms with Crippen molar-refractivity contribution < 1.29 is 28.2 Å². The largest absolute Gasteiger partial charge is 1.00 e. The third-order valence-electron chi connectivity index (χ3n) is 4.20. The molecule has 2 aliphatic heterocycles. The number of carbonyl (C=O) groups excluding carboxylic acids is 2. The highest BCUT2D eigenvalue weighted by Crippen LogP contribution is 2.37. The van der Waals surface area contributed by atoms with Crippen LogP contribution in [0.1, 0.15) is 20.0 Å². The van der Waals surface area contributed by atoms with Gasteiger partial charge in [0.2, 0.25) is 5.91 Å². The molecule has 1 aromatic carbocycles. The number of nitrogens with one attached hydrogen (secondary N) is 1. The number of hydrogen-bond donors (Lipinski definition) is 1. The summed E-state index contributed by atoms with van der Waals surface area (Å²) in [7, 11) is 0. The Hall–Kier alpha value is -1.15. The lowest BCUT2D eigenvalue weighted by atomic mass is 10.1. The molecule has 0 spiro atoms. The third kappa shape index (κ3) is 4.08. The summed E-state index contributed by atoms with van der Waals surface area (Å²) < 4.78 is 6.25. The van der Waals surface area contributed by atoms with Crippen LogP contribution < -0.4 is 22.6 Å². The van der Waals surface area contributed by atoms with E-state index in [1.165, 1.54) is 6.92 Å². The van der Waals surface area contributed by atoms with Crippen LogP contribution in [-0.2, 0) is 14.3 Å². The maximum absolute atomic E-state index is 12.7. The Morgan fingerprint density at radius 3 is 2.75 bits per heavy atom. The minimum atomic E-state index is -0.593. The van der Waals surface area contributed by atoms with Crippen LogP contribution in [0, 0.1) is 0 Å². The number of ether oxygens (including phenoxy) is 1. The number of anilines is 1. The first-order valence-corrected chi connectivity index (χ1v) is 8.53. The number of hydrogen-bond acceptors (Lipinski definition) is 4. The summed E-state index contributed by atoms with van der Waals surface area (Å²) in [6.45, 7) is 6.12. The van der Waals surface area contributed by atoms with Crippen molar-refractivity contribution in [2.45, 2.75) is 13.0 Å². The predicted molar refractivity (Wildman–Crippen MR) is 91.4 cm³/mol. The maximum Gasteiger partial charge on any atom is 1.00 e. The fraction of sp³-hybridized carbons (Fsp3) is 0.500. The predicted octanol–water partition coefficient (Wildman–Crippen LogP) is -1.58. The molecule has 132 valence electrons. The normalized spacial score (nSPS) is 20.5. The quantitative estimate of drug-likeness (QED) is 0.641. The van der Waals surface area contributed by atoms with Crippen LogP contribution in [0.25, 0.3) is 0 Å². The first kappa shape index (κ1) is 19.2. The van der Waals surface area contributed by atoms with Crippen LogP contribution in [0.4, 0.5) is 5.69 Å². The van der Waals surface area contributed by atoms with Crippen molar-refractivity contribution in [1.82, 2.24) is 10.2 Å². The molecule has 6 nitrogen and oxygen atoms in total. The van der Waals surface area contributed by atoms with Gasteiger partial charge in [-0.1, -0.05) is 15.9 Å². The van der Waals surface area contributed by atoms with E-state index in [2.05, 4.69) is 26.1 Å². The molecule has 0 saturated carbocycles. The first-order chi connectivity index (χ1) is 11.1. The highest BCUT2D eigenvalue weighted by Gasteiger charge is 2.37. The Bertz CT molecular complexity index is 629. The van der Waals surface area contributed by atoms with Gasteiger partial charge in [-0.05, 0) is 18.2 Å². The molecule has 2 aliphatic rings. The number of benzene rings is 1. The zero-order valence-electron chi connectivity index (χ0n) is 14.4. The van der Waals surface area contributed by atoms with Gasteiger partial charge in [0, 0.05) is 48.8 Å². The van der Waals surface area contributed by atoms with Crippen LogP contribution in [-0.4, -0.2) is 56.1 Å². The van der Waals surface area contributed by atoms with Gasteiger partial charge in [-0.2, -0.15) is 0 Å². The van der Waals surface area contributed by atoms with Crippen molar-refractivity contribution in [2.24, 2.45) is 0 Å². The number of halogens is 2. The van der Waals surface area contributed by atoms with E-state index in [0.717, 1.165) is 48.6 Å². The molecule has 0 radical (unpaired) electrons. The van der Waals surface area contributed by atoms with Gasteiger partial charge in [0.25, 0.3) is 5.91 Å². The van der Waals surface area contributed by atoms with Crippen molar-refractivity contribution in [1.29, 1.82) is 0 Å². The molecule has 2 heterocycles. The van der Waals surface area contributed by atoms with Crippen molar-refractivity contribution in [3.05, 3.63) is 28.2 Å². The van der Waals surface area contributed by atoms with Gasteiger partial charge in [-0.3, -0.25) is 14.5 Å². The van der Waals surface area contributed by atoms with Gasteiger partial charge >= 0.3 is 1.43 Å². The lowest BCUT2D eigenvalue weighted by molar-refractivity contribution is -0.126. The summed E-state index contributed by atoms with van der Waals surface area (Å²) in [5.41, 5.74) is 1.73. The summed E-state index contributed by atoms with van der Waals surface area (Å²) in [5.74, 6) is -0.272. The zero-order valence-corrected chi connectivity index (χ0v) is 15.8. The summed E-state index contributed by atoms with van der Waals surface area (Å²) in [4.78, 5) is 28.2. The molecule has 1 N–H and O–H groups in total. The molecule has 3 rings (SSSR count). The third-order valence-corrected chi connectivity index (χ3v) is 4.69. The van der Waals surface area contributed by atoms with Crippen molar-refractivity contribution in [3.63, 3.8) is 0 Å². The van der Waals surface area contributed by atoms with Crippen LogP contribution in [0.3, 0.4) is 0 Å². The van der Waals surface area contributed by atoms with Gasteiger partial charge in [-0.25, -0.2) is 0 Å². The summed E-state index contributed by atoms with van der Waals surface area (Å²) in [5, 5.41) is 2.76. The van der Waals surface area contributed by atoms with Crippen LogP contribution in [0.15, 0.2) is 22.7 Å². The van der Waals surface area contributed by atoms with E-state index in [0.29, 0.717) is 6.54 Å².